The highest BCUT2D eigenvalue weighted by atomic mass is 32.1. The number of amides is 2. The van der Waals surface area contributed by atoms with E-state index < -0.39 is 0 Å². The highest BCUT2D eigenvalue weighted by molar-refractivity contribution is 7.12. The number of halogens is 1. The van der Waals surface area contributed by atoms with Gasteiger partial charge in [0.25, 0.3) is 5.91 Å². The van der Waals surface area contributed by atoms with Gasteiger partial charge in [0.15, 0.2) is 0 Å². The highest BCUT2D eigenvalue weighted by Crippen LogP contribution is 2.18. The fraction of sp³-hybridized carbons (Fsp3) is 0.333. The predicted octanol–water partition coefficient (Wildman–Crippen LogP) is 2.43. The maximum atomic E-state index is 13.4. The minimum atomic E-state index is -0.299. The Hall–Kier alpha value is -2.25. The van der Waals surface area contributed by atoms with Crippen LogP contribution in [-0.4, -0.2) is 43.9 Å². The average molecular weight is 363 g/mol. The fourth-order valence-electron chi connectivity index (χ4n) is 2.40. The molecule has 5 nitrogen and oxygen atoms in total. The number of likely N-dealkylation sites (N-methyl/N-ethyl adjacent to an activating group) is 1. The Kier molecular flexibility index (Phi) is 7.09. The Morgan fingerprint density at radius 3 is 2.64 bits per heavy atom. The van der Waals surface area contributed by atoms with E-state index in [-0.39, 0.29) is 36.6 Å². The summed E-state index contributed by atoms with van der Waals surface area (Å²) in [5, 5.41) is 7.38. The minimum absolute atomic E-state index is 0.125. The lowest BCUT2D eigenvalue weighted by Gasteiger charge is -2.25. The summed E-state index contributed by atoms with van der Waals surface area (Å²) >= 11 is 1.36. The number of nitrogens with one attached hydrogen (secondary N) is 2. The second-order valence-corrected chi connectivity index (χ2v) is 6.77. The third-order valence-corrected chi connectivity index (χ3v) is 4.60. The van der Waals surface area contributed by atoms with Crippen molar-refractivity contribution < 1.29 is 14.0 Å². The Labute approximate surface area is 150 Å². The monoisotopic (exact) mass is 363 g/mol. The molecule has 25 heavy (non-hydrogen) atoms. The number of hydrogen-bond acceptors (Lipinski definition) is 4. The van der Waals surface area contributed by atoms with Crippen molar-refractivity contribution in [2.45, 2.75) is 12.5 Å². The molecule has 1 aromatic carbocycles. The van der Waals surface area contributed by atoms with Gasteiger partial charge in [-0.05, 0) is 43.2 Å². The number of benzene rings is 1. The molecule has 0 bridgehead atoms. The molecule has 1 heterocycles. The Balaban J connectivity index is 1.78. The maximum Gasteiger partial charge on any atom is 0.261 e. The summed E-state index contributed by atoms with van der Waals surface area (Å²) in [5.41, 5.74) is 0.802. The molecule has 2 amide bonds. The van der Waals surface area contributed by atoms with Gasteiger partial charge in [-0.2, -0.15) is 0 Å². The van der Waals surface area contributed by atoms with Crippen LogP contribution in [-0.2, 0) is 4.79 Å². The van der Waals surface area contributed by atoms with Crippen molar-refractivity contribution in [3.8, 4) is 0 Å². The lowest BCUT2D eigenvalue weighted by atomic mass is 10.1. The molecule has 2 aromatic rings. The van der Waals surface area contributed by atoms with Crippen molar-refractivity contribution >= 4 is 23.2 Å². The molecular formula is C18H22FN3O2S. The zero-order valence-electron chi connectivity index (χ0n) is 14.3. The first kappa shape index (κ1) is 19.1. The molecule has 2 rings (SSSR count). The SMILES string of the molecule is CN(C)C(CNC(=O)CCNC(=O)c1cccs1)c1cccc(F)c1. The zero-order valence-corrected chi connectivity index (χ0v) is 15.1. The van der Waals surface area contributed by atoms with Gasteiger partial charge in [0.05, 0.1) is 10.9 Å². The number of hydrogen-bond donors (Lipinski definition) is 2. The lowest BCUT2D eigenvalue weighted by Crippen LogP contribution is -2.36. The standard InChI is InChI=1S/C18H22FN3O2S/c1-22(2)15(13-5-3-6-14(19)11-13)12-21-17(23)8-9-20-18(24)16-7-4-10-25-16/h3-7,10-11,15H,8-9,12H2,1-2H3,(H,20,24)(H,21,23). The molecule has 1 aromatic heterocycles. The summed E-state index contributed by atoms with van der Waals surface area (Å²) in [5.74, 6) is -0.629. The summed E-state index contributed by atoms with van der Waals surface area (Å²) in [6, 6.07) is 9.77. The van der Waals surface area contributed by atoms with Crippen LogP contribution in [0.4, 0.5) is 4.39 Å². The fourth-order valence-corrected chi connectivity index (χ4v) is 3.04. The van der Waals surface area contributed by atoms with Crippen LogP contribution >= 0.6 is 11.3 Å². The van der Waals surface area contributed by atoms with E-state index >= 15 is 0 Å². The van der Waals surface area contributed by atoms with Gasteiger partial charge in [-0.25, -0.2) is 4.39 Å². The topological polar surface area (TPSA) is 61.4 Å². The predicted molar refractivity (Wildman–Crippen MR) is 97.1 cm³/mol. The largest absolute Gasteiger partial charge is 0.354 e. The van der Waals surface area contributed by atoms with Gasteiger partial charge in [0, 0.05) is 19.5 Å². The second kappa shape index (κ2) is 9.29. The van der Waals surface area contributed by atoms with E-state index in [2.05, 4.69) is 10.6 Å². The Morgan fingerprint density at radius 1 is 1.20 bits per heavy atom. The molecule has 1 atom stereocenters. The molecule has 0 spiro atoms. The van der Waals surface area contributed by atoms with Crippen molar-refractivity contribution in [3.63, 3.8) is 0 Å². The van der Waals surface area contributed by atoms with Crippen LogP contribution < -0.4 is 10.6 Å². The molecule has 0 aliphatic heterocycles. The smallest absolute Gasteiger partial charge is 0.261 e. The van der Waals surface area contributed by atoms with Crippen LogP contribution in [0.5, 0.6) is 0 Å². The van der Waals surface area contributed by atoms with Gasteiger partial charge in [-0.1, -0.05) is 18.2 Å². The molecule has 2 N–H and O–H groups in total. The lowest BCUT2D eigenvalue weighted by molar-refractivity contribution is -0.121. The molecule has 0 saturated heterocycles. The van der Waals surface area contributed by atoms with Crippen LogP contribution in [0.3, 0.4) is 0 Å². The summed E-state index contributed by atoms with van der Waals surface area (Å²) in [6.07, 6.45) is 0.195. The molecule has 0 fully saturated rings. The van der Waals surface area contributed by atoms with Gasteiger partial charge in [0.2, 0.25) is 5.91 Å². The van der Waals surface area contributed by atoms with Crippen molar-refractivity contribution in [3.05, 3.63) is 58.0 Å². The van der Waals surface area contributed by atoms with Crippen molar-refractivity contribution in [2.24, 2.45) is 0 Å². The van der Waals surface area contributed by atoms with Gasteiger partial charge in [0.1, 0.15) is 5.82 Å². The molecular weight excluding hydrogens is 341 g/mol. The Morgan fingerprint density at radius 2 is 2.00 bits per heavy atom. The molecule has 7 heteroatoms. The molecule has 0 aliphatic carbocycles. The molecule has 134 valence electrons. The Bertz CT molecular complexity index is 704. The van der Waals surface area contributed by atoms with E-state index in [0.29, 0.717) is 11.4 Å². The average Bonchev–Trinajstić information content (AvgIpc) is 3.09. The molecule has 0 aliphatic rings. The van der Waals surface area contributed by atoms with E-state index in [9.17, 15) is 14.0 Å². The number of rotatable bonds is 8. The van der Waals surface area contributed by atoms with Crippen molar-refractivity contribution in [1.29, 1.82) is 0 Å². The third-order valence-electron chi connectivity index (χ3n) is 3.73. The summed E-state index contributed by atoms with van der Waals surface area (Å²) in [4.78, 5) is 26.3. The normalized spacial score (nSPS) is 12.0. The second-order valence-electron chi connectivity index (χ2n) is 5.82. The third kappa shape index (κ3) is 5.95. The summed E-state index contributed by atoms with van der Waals surface area (Å²) < 4.78 is 13.4. The molecule has 0 radical (unpaired) electrons. The number of thiophene rings is 1. The van der Waals surface area contributed by atoms with E-state index in [0.717, 1.165) is 5.56 Å². The quantitative estimate of drug-likeness (QED) is 0.757. The van der Waals surface area contributed by atoms with Gasteiger partial charge in [-0.3, -0.25) is 9.59 Å². The zero-order chi connectivity index (χ0) is 18.2. The van der Waals surface area contributed by atoms with Gasteiger partial charge >= 0.3 is 0 Å². The van der Waals surface area contributed by atoms with Gasteiger partial charge in [-0.15, -0.1) is 11.3 Å². The van der Waals surface area contributed by atoms with Gasteiger partial charge < -0.3 is 15.5 Å². The van der Waals surface area contributed by atoms with Crippen molar-refractivity contribution in [1.82, 2.24) is 15.5 Å². The van der Waals surface area contributed by atoms with E-state index in [4.69, 9.17) is 0 Å². The first-order valence-corrected chi connectivity index (χ1v) is 8.85. The minimum Gasteiger partial charge on any atom is -0.354 e. The summed E-state index contributed by atoms with van der Waals surface area (Å²) in [6.45, 7) is 0.642. The number of nitrogens with zero attached hydrogens (tertiary/aromatic N) is 1. The van der Waals surface area contributed by atoms with E-state index in [1.54, 1.807) is 18.2 Å². The van der Waals surface area contributed by atoms with Crippen molar-refractivity contribution in [2.75, 3.05) is 27.2 Å². The van der Waals surface area contributed by atoms with Crippen LogP contribution in [0.1, 0.15) is 27.7 Å². The first-order chi connectivity index (χ1) is 12.0. The van der Waals surface area contributed by atoms with E-state index in [1.807, 2.05) is 30.4 Å². The molecule has 1 unspecified atom stereocenters. The van der Waals surface area contributed by atoms with Crippen LogP contribution in [0, 0.1) is 5.82 Å². The first-order valence-electron chi connectivity index (χ1n) is 7.97. The maximum absolute atomic E-state index is 13.4. The van der Waals surface area contributed by atoms with Crippen LogP contribution in [0.15, 0.2) is 41.8 Å². The van der Waals surface area contributed by atoms with E-state index in [1.165, 1.54) is 23.5 Å². The molecule has 0 saturated carbocycles. The van der Waals surface area contributed by atoms with Crippen LogP contribution in [0.25, 0.3) is 0 Å². The number of carbonyl (C=O) groups excluding carboxylic acids is 2. The van der Waals surface area contributed by atoms with Crippen LogP contribution in [0.2, 0.25) is 0 Å². The number of carbonyl (C=O) groups is 2. The summed E-state index contributed by atoms with van der Waals surface area (Å²) in [7, 11) is 3.76. The highest BCUT2D eigenvalue weighted by Gasteiger charge is 2.16.